The zero-order valence-corrected chi connectivity index (χ0v) is 48.4. The molecule has 0 aliphatic heterocycles. The van der Waals surface area contributed by atoms with E-state index in [1.54, 1.807) is 6.92 Å². The molecule has 0 radical (unpaired) electrons. The summed E-state index contributed by atoms with van der Waals surface area (Å²) < 4.78 is 15.5. The summed E-state index contributed by atoms with van der Waals surface area (Å²) in [6, 6.07) is 0.358. The second kappa shape index (κ2) is 17.6. The molecule has 0 spiro atoms. The predicted molar refractivity (Wildman–Crippen MR) is 290 cm³/mol. The Kier molecular flexibility index (Phi) is 13.2. The summed E-state index contributed by atoms with van der Waals surface area (Å²) in [6.07, 6.45) is 22.3. The zero-order chi connectivity index (χ0) is 55.2. The van der Waals surface area contributed by atoms with Crippen molar-refractivity contribution in [2.45, 2.75) is 232 Å². The minimum absolute atomic E-state index is 0.0104. The Labute approximate surface area is 442 Å². The molecule has 73 heavy (non-hydrogen) atoms. The molecule has 8 fully saturated rings. The van der Waals surface area contributed by atoms with Crippen LogP contribution in [-0.4, -0.2) is 48.5 Å². The number of nitrogens with two attached hydrogens (primary N) is 3. The van der Waals surface area contributed by atoms with E-state index in [1.165, 1.54) is 17.6 Å². The summed E-state index contributed by atoms with van der Waals surface area (Å²) in [5.74, 6) is 1.72. The number of hydrogen-bond acceptors (Lipinski definition) is 6. The number of ketones is 2. The van der Waals surface area contributed by atoms with E-state index >= 15 is 0 Å². The van der Waals surface area contributed by atoms with Crippen molar-refractivity contribution >= 4 is 29.3 Å². The van der Waals surface area contributed by atoms with Crippen molar-refractivity contribution in [2.24, 2.45) is 118 Å². The first-order valence-corrected chi connectivity index (χ1v) is 28.9. The lowest BCUT2D eigenvalue weighted by Crippen LogP contribution is -2.67. The number of halogens is 1. The topological polar surface area (TPSA) is 175 Å². The maximum atomic E-state index is 14.4. The van der Waals surface area contributed by atoms with Crippen molar-refractivity contribution < 1.29 is 29.7 Å². The van der Waals surface area contributed by atoms with Crippen LogP contribution in [0, 0.1) is 100 Å². The number of fused-ring (bicyclic) bond motifs is 14. The van der Waals surface area contributed by atoms with Gasteiger partial charge in [-0.3, -0.25) is 28.4 Å². The summed E-state index contributed by atoms with van der Waals surface area (Å²) in [5, 5.41) is 3.25. The molecule has 0 aromatic rings. The van der Waals surface area contributed by atoms with E-state index in [0.29, 0.717) is 23.4 Å². The van der Waals surface area contributed by atoms with E-state index in [9.17, 15) is 28.4 Å². The van der Waals surface area contributed by atoms with Gasteiger partial charge in [0.25, 0.3) is 0 Å². The van der Waals surface area contributed by atoms with Gasteiger partial charge in [0.2, 0.25) is 17.7 Å². The predicted octanol–water partition coefficient (Wildman–Crippen LogP) is 12.3. The van der Waals surface area contributed by atoms with E-state index in [4.69, 9.17) is 18.6 Å². The number of rotatable bonds is 3. The van der Waals surface area contributed by atoms with Crippen molar-refractivity contribution in [3.05, 3.63) is 23.3 Å². The van der Waals surface area contributed by atoms with Gasteiger partial charge in [0.15, 0.2) is 11.6 Å². The fraction of sp³-hybridized carbons (Fsp3) is 0.857. The molecule has 3 amide bonds. The Morgan fingerprint density at radius 3 is 1.32 bits per heavy atom. The van der Waals surface area contributed by atoms with Crippen LogP contribution in [0.2, 0.25) is 0 Å². The van der Waals surface area contributed by atoms with Crippen LogP contribution in [0.5, 0.6) is 0 Å². The lowest BCUT2D eigenvalue weighted by molar-refractivity contribution is -0.189. The summed E-state index contributed by atoms with van der Waals surface area (Å²) in [5.41, 5.74) is 20.1. The summed E-state index contributed by atoms with van der Waals surface area (Å²) in [6.45, 7) is 34.4. The van der Waals surface area contributed by atoms with Crippen LogP contribution in [0.15, 0.2) is 23.3 Å². The summed E-state index contributed by atoms with van der Waals surface area (Å²) in [4.78, 5) is 65.6. The van der Waals surface area contributed by atoms with Gasteiger partial charge < -0.3 is 22.5 Å². The van der Waals surface area contributed by atoms with Gasteiger partial charge in [0.05, 0.1) is 8.52 Å². The van der Waals surface area contributed by atoms with E-state index in [1.807, 2.05) is 6.92 Å². The highest BCUT2D eigenvalue weighted by Gasteiger charge is 2.72. The molecule has 10 aliphatic carbocycles. The van der Waals surface area contributed by atoms with E-state index in [2.05, 4.69) is 107 Å². The number of allylic oxidation sites excluding steroid dienone is 4. The summed E-state index contributed by atoms with van der Waals surface area (Å²) >= 11 is 0. The lowest BCUT2D eigenvalue weighted by atomic mass is 9.33. The molecule has 0 saturated heterocycles. The monoisotopic (exact) mass is 1010 g/mol. The Balaban J connectivity index is 0.000000188. The fourth-order valence-electron chi connectivity index (χ4n) is 21.4. The largest absolute Gasteiger partial charge is 0.369 e. The van der Waals surface area contributed by atoms with Crippen molar-refractivity contribution in [1.29, 1.82) is 0 Å². The quantitative estimate of drug-likeness (QED) is 0.219. The highest BCUT2D eigenvalue weighted by Crippen LogP contribution is 2.77. The van der Waals surface area contributed by atoms with E-state index in [-0.39, 0.29) is 108 Å². The van der Waals surface area contributed by atoms with Crippen molar-refractivity contribution in [3.63, 3.8) is 0 Å². The number of carbonyl (C=O) groups is 5. The average molecular weight is 1010 g/mol. The molecule has 18 atom stereocenters. The Morgan fingerprint density at radius 1 is 0.562 bits per heavy atom. The van der Waals surface area contributed by atoms with Crippen molar-refractivity contribution in [1.82, 2.24) is 5.32 Å². The first kappa shape index (κ1) is 54.9. The van der Waals surface area contributed by atoms with Crippen LogP contribution < -0.4 is 22.5 Å². The molecule has 7 N–H and O–H groups in total. The Bertz CT molecular complexity index is 2400. The highest BCUT2D eigenvalue weighted by molar-refractivity contribution is 5.96. The molecule has 9 nitrogen and oxygen atoms in total. The van der Waals surface area contributed by atoms with Gasteiger partial charge in [-0.25, -0.2) is 0 Å². The van der Waals surface area contributed by atoms with Crippen LogP contribution in [-0.2, 0) is 24.0 Å². The van der Waals surface area contributed by atoms with Crippen LogP contribution in [0.25, 0.3) is 0 Å². The molecule has 2 unspecified atom stereocenters. The normalized spacial score (nSPS) is 51.1. The highest BCUT2D eigenvalue weighted by atomic mass is 19.1. The van der Waals surface area contributed by atoms with Crippen LogP contribution in [0.3, 0.4) is 0 Å². The van der Waals surface area contributed by atoms with Crippen molar-refractivity contribution in [2.75, 3.05) is 7.15 Å². The number of carbonyl (C=O) groups excluding carboxylic acids is 5. The minimum atomic E-state index is -1.00. The maximum Gasteiger partial charge on any atom is 0.223 e. The van der Waals surface area contributed by atoms with Gasteiger partial charge in [-0.15, -0.1) is 0 Å². The molecule has 8 saturated carbocycles. The first-order valence-electron chi connectivity index (χ1n) is 29.6. The van der Waals surface area contributed by atoms with Crippen LogP contribution in [0.4, 0.5) is 4.39 Å². The maximum absolute atomic E-state index is 14.4. The Morgan fingerprint density at radius 2 is 0.932 bits per heavy atom. The van der Waals surface area contributed by atoms with Gasteiger partial charge in [0, 0.05) is 41.7 Å². The van der Waals surface area contributed by atoms with Crippen LogP contribution in [0.1, 0.15) is 221 Å². The van der Waals surface area contributed by atoms with Crippen molar-refractivity contribution in [3.8, 4) is 0 Å². The summed E-state index contributed by atoms with van der Waals surface area (Å²) in [7, 11) is -1.00. The number of alkyl halides is 1. The molecule has 10 heteroatoms. The zero-order valence-electron chi connectivity index (χ0n) is 49.4. The Hall–Kier alpha value is -2.88. The third-order valence-electron chi connectivity index (χ3n) is 26.9. The SMILES string of the molecule is CC(=O)NC1CC[C@]2(C)[C@H]3C(=O)C=C4[C@@H]5C[C@@](C)(C(N)=O)CC[C@]5(C)CC[C@@]4(C)[C@]3(C)CC[C@H]2C1(C)C.CC1(C)C(N)CC[C@]2(C)[C@H]3C(=O)C=C4[C@@H]5C[C@@](C)(C(N)=O)CC[C@]5(C)CC[C@@]4(C)[C@]3(C)CC[C@@H]12.[2H]CF. The standard InChI is InChI=1S/C32H50N2O3.C30H48N2O2.CH3F/c1-19(35)34-24-10-11-30(6)23(27(24,2)3)9-12-32(8)25(30)22(36)17-20-21-18-29(5,26(33)37)14-13-28(21,4)15-16-31(20,32)7;1-25(2)21-8-11-30(7)23(28(21,5)10-9-22(25)31)20(33)16-18-19-17-27(4,24(32)34)13-12-26(19,3)14-15-29(18,30)6;1-2/h17,21,23-25H,9-16,18H2,1-8H3,(H2,33,37)(H,34,35);16,19,21-23H,8-15,17,31H2,1-7H3,(H2,32,34);1H3/t21-,23-,24?,25+,28+,29-,30-,31+,32+;19-,21-,22?,23+,26+,27-,28-,29+,30+;/m00./s1/i;;1D. The van der Waals surface area contributed by atoms with Gasteiger partial charge in [-0.2, -0.15) is 0 Å². The first-order chi connectivity index (χ1) is 33.9. The number of primary amides is 2. The molecule has 0 aromatic carbocycles. The number of nitrogens with one attached hydrogen (secondary N) is 1. The molecule has 10 aliphatic rings. The number of amides is 3. The molecular weight excluding hydrogens is 912 g/mol. The second-order valence-corrected chi connectivity index (χ2v) is 30.8. The number of hydrogen-bond donors (Lipinski definition) is 4. The van der Waals surface area contributed by atoms with Gasteiger partial charge >= 0.3 is 0 Å². The minimum Gasteiger partial charge on any atom is -0.369 e. The molecular formula is C63H101FN4O5. The molecule has 410 valence electrons. The van der Waals surface area contributed by atoms with Crippen LogP contribution >= 0.6 is 0 Å². The van der Waals surface area contributed by atoms with Gasteiger partial charge in [-0.1, -0.05) is 108 Å². The molecule has 0 aromatic heterocycles. The second-order valence-electron chi connectivity index (χ2n) is 30.8. The van der Waals surface area contributed by atoms with Gasteiger partial charge in [0.1, 0.15) is 0 Å². The lowest BCUT2D eigenvalue weighted by Gasteiger charge is -2.70. The van der Waals surface area contributed by atoms with E-state index < -0.39 is 18.0 Å². The molecule has 10 rings (SSSR count). The molecule has 0 heterocycles. The molecule has 0 bridgehead atoms. The van der Waals surface area contributed by atoms with Gasteiger partial charge in [-0.05, 0) is 206 Å². The third-order valence-corrected chi connectivity index (χ3v) is 26.9. The smallest absolute Gasteiger partial charge is 0.223 e. The van der Waals surface area contributed by atoms with E-state index in [0.717, 1.165) is 109 Å². The fourth-order valence-corrected chi connectivity index (χ4v) is 21.4. The third kappa shape index (κ3) is 7.70. The average Bonchev–Trinajstić information content (AvgIpc) is 3.29.